The minimum absolute atomic E-state index is 0.0626. The molecule has 0 bridgehead atoms. The van der Waals surface area contributed by atoms with Crippen molar-refractivity contribution in [2.24, 2.45) is 0 Å². The molecule has 2 rings (SSSR count). The van der Waals surface area contributed by atoms with E-state index in [0.717, 1.165) is 5.56 Å². The van der Waals surface area contributed by atoms with Crippen molar-refractivity contribution in [3.63, 3.8) is 0 Å². The zero-order valence-electron chi connectivity index (χ0n) is 14.5. The number of ether oxygens (including phenoxy) is 1. The summed E-state index contributed by atoms with van der Waals surface area (Å²) in [4.78, 5) is 11.2. The maximum atomic E-state index is 11.2. The topological polar surface area (TPSA) is 78.8 Å². The number of carbonyl (C=O) groups is 1. The fourth-order valence-electron chi connectivity index (χ4n) is 2.30. The molecule has 0 aromatic heterocycles. The van der Waals surface area contributed by atoms with Crippen molar-refractivity contribution in [2.45, 2.75) is 33.4 Å². The maximum Gasteiger partial charge on any atom is 0.325 e. The van der Waals surface area contributed by atoms with Gasteiger partial charge in [0.1, 0.15) is 12.6 Å². The van der Waals surface area contributed by atoms with Crippen molar-refractivity contribution in [3.8, 4) is 11.5 Å². The van der Waals surface area contributed by atoms with Gasteiger partial charge in [-0.15, -0.1) is 0 Å². The molecule has 5 heteroatoms. The summed E-state index contributed by atoms with van der Waals surface area (Å²) < 4.78 is 5.66. The van der Waals surface area contributed by atoms with E-state index in [1.165, 1.54) is 6.07 Å². The van der Waals surface area contributed by atoms with Crippen LogP contribution in [-0.2, 0) is 11.4 Å². The number of aromatic hydroxyl groups is 1. The summed E-state index contributed by atoms with van der Waals surface area (Å²) in [6.45, 7) is 6.11. The second-order valence-electron chi connectivity index (χ2n) is 5.02. The molecule has 0 radical (unpaired) electrons. The second kappa shape index (κ2) is 9.57. The van der Waals surface area contributed by atoms with E-state index in [2.05, 4.69) is 5.32 Å². The lowest BCUT2D eigenvalue weighted by atomic mass is 10.0. The molecule has 0 saturated heterocycles. The first-order valence-electron chi connectivity index (χ1n) is 7.93. The van der Waals surface area contributed by atoms with E-state index in [0.29, 0.717) is 23.5 Å². The molecule has 1 atom stereocenters. The Morgan fingerprint density at radius 3 is 2.33 bits per heavy atom. The van der Waals surface area contributed by atoms with Crippen LogP contribution in [-0.4, -0.2) is 23.2 Å². The number of hydrogen-bond acceptors (Lipinski definition) is 4. The number of nitrogens with one attached hydrogen (secondary N) is 1. The molecule has 2 aromatic rings. The van der Waals surface area contributed by atoms with Crippen LogP contribution in [0.1, 0.15) is 36.6 Å². The number of phenols is 1. The van der Waals surface area contributed by atoms with Gasteiger partial charge in [-0.3, -0.25) is 4.79 Å². The van der Waals surface area contributed by atoms with Crippen LogP contribution in [0.3, 0.4) is 0 Å². The lowest BCUT2D eigenvalue weighted by Crippen LogP contribution is -2.25. The third-order valence-electron chi connectivity index (χ3n) is 3.37. The molecule has 0 aliphatic rings. The highest BCUT2D eigenvalue weighted by Gasteiger charge is 2.20. The molecular formula is C19H25NO4. The predicted octanol–water partition coefficient (Wildman–Crippen LogP) is 3.65. The van der Waals surface area contributed by atoms with E-state index >= 15 is 0 Å². The van der Waals surface area contributed by atoms with E-state index in [1.54, 1.807) is 20.0 Å². The van der Waals surface area contributed by atoms with E-state index in [4.69, 9.17) is 9.84 Å². The maximum absolute atomic E-state index is 11.2. The minimum Gasteiger partial charge on any atom is -0.504 e. The molecule has 0 aliphatic heterocycles. The Bertz CT molecular complexity index is 633. The van der Waals surface area contributed by atoms with E-state index < -0.39 is 12.0 Å². The minimum atomic E-state index is -1.00. The highest BCUT2D eigenvalue weighted by Crippen LogP contribution is 2.34. The van der Waals surface area contributed by atoms with Crippen LogP contribution in [0.25, 0.3) is 0 Å². The molecule has 3 N–H and O–H groups in total. The number of likely N-dealkylation sites (N-methyl/N-ethyl adjacent to an activating group) is 1. The molecule has 0 aliphatic carbocycles. The number of carboxylic acid groups (broad SMARTS) is 1. The average molecular weight is 331 g/mol. The summed E-state index contributed by atoms with van der Waals surface area (Å²) in [5.41, 5.74) is 2.16. The Balaban J connectivity index is 0.00000139. The molecule has 2 aromatic carbocycles. The third-order valence-corrected chi connectivity index (χ3v) is 3.37. The van der Waals surface area contributed by atoms with E-state index in [-0.39, 0.29) is 5.75 Å². The SMILES string of the molecule is CC.CNC(C(=O)O)c1cc(C)c(OCc2ccccc2)c(O)c1. The Labute approximate surface area is 142 Å². The van der Waals surface area contributed by atoms with Crippen LogP contribution in [0.4, 0.5) is 0 Å². The Morgan fingerprint density at radius 1 is 1.21 bits per heavy atom. The number of phenolic OH excluding ortho intramolecular Hbond substituents is 1. The molecule has 1 unspecified atom stereocenters. The number of benzene rings is 2. The highest BCUT2D eigenvalue weighted by atomic mass is 16.5. The van der Waals surface area contributed by atoms with Crippen molar-refractivity contribution in [1.82, 2.24) is 5.32 Å². The fraction of sp³-hybridized carbons (Fsp3) is 0.316. The molecule has 0 fully saturated rings. The van der Waals surface area contributed by atoms with Crippen LogP contribution in [0.5, 0.6) is 11.5 Å². The van der Waals surface area contributed by atoms with Crippen molar-refractivity contribution in [1.29, 1.82) is 0 Å². The second-order valence-corrected chi connectivity index (χ2v) is 5.02. The van der Waals surface area contributed by atoms with Crippen LogP contribution in [0.2, 0.25) is 0 Å². The largest absolute Gasteiger partial charge is 0.504 e. The normalized spacial score (nSPS) is 11.2. The predicted molar refractivity (Wildman–Crippen MR) is 94.4 cm³/mol. The summed E-state index contributed by atoms with van der Waals surface area (Å²) in [6.07, 6.45) is 0. The standard InChI is InChI=1S/C17H19NO4.C2H6/c1-11-8-13(15(18-2)17(20)21)9-14(19)16(11)22-10-12-6-4-3-5-7-12;1-2/h3-9,15,18-19H,10H2,1-2H3,(H,20,21);1-2H3. The zero-order valence-corrected chi connectivity index (χ0v) is 14.5. The number of hydrogen-bond donors (Lipinski definition) is 3. The van der Waals surface area contributed by atoms with Gasteiger partial charge in [-0.1, -0.05) is 44.2 Å². The highest BCUT2D eigenvalue weighted by molar-refractivity contribution is 5.76. The van der Waals surface area contributed by atoms with Crippen LogP contribution >= 0.6 is 0 Å². The summed E-state index contributed by atoms with van der Waals surface area (Å²) in [5, 5.41) is 22.0. The molecule has 0 saturated carbocycles. The van der Waals surface area contributed by atoms with Gasteiger partial charge < -0.3 is 20.3 Å². The van der Waals surface area contributed by atoms with Gasteiger partial charge in [-0.2, -0.15) is 0 Å². The van der Waals surface area contributed by atoms with Gasteiger partial charge >= 0.3 is 5.97 Å². The van der Waals surface area contributed by atoms with E-state index in [1.807, 2.05) is 44.2 Å². The Morgan fingerprint density at radius 2 is 1.83 bits per heavy atom. The molecule has 0 heterocycles. The Kier molecular flexibility index (Phi) is 7.79. The lowest BCUT2D eigenvalue weighted by molar-refractivity contribution is -0.139. The Hall–Kier alpha value is -2.53. The molecule has 0 spiro atoms. The van der Waals surface area contributed by atoms with Gasteiger partial charge in [-0.25, -0.2) is 0 Å². The van der Waals surface area contributed by atoms with Gasteiger partial charge in [-0.05, 0) is 42.8 Å². The quantitative estimate of drug-likeness (QED) is 0.753. The van der Waals surface area contributed by atoms with Crippen molar-refractivity contribution in [3.05, 3.63) is 59.2 Å². The van der Waals surface area contributed by atoms with Gasteiger partial charge in [0.2, 0.25) is 0 Å². The summed E-state index contributed by atoms with van der Waals surface area (Å²) in [5.74, 6) is -0.695. The third kappa shape index (κ3) is 4.99. The fourth-order valence-corrected chi connectivity index (χ4v) is 2.30. The first-order valence-corrected chi connectivity index (χ1v) is 7.93. The molecular weight excluding hydrogens is 306 g/mol. The summed E-state index contributed by atoms with van der Waals surface area (Å²) in [6, 6.07) is 11.9. The van der Waals surface area contributed by atoms with Gasteiger partial charge in [0.05, 0.1) is 0 Å². The molecule has 0 amide bonds. The van der Waals surface area contributed by atoms with Gasteiger partial charge in [0, 0.05) is 0 Å². The van der Waals surface area contributed by atoms with Crippen molar-refractivity contribution in [2.75, 3.05) is 7.05 Å². The monoisotopic (exact) mass is 331 g/mol. The molecule has 5 nitrogen and oxygen atoms in total. The summed E-state index contributed by atoms with van der Waals surface area (Å²) in [7, 11) is 1.56. The van der Waals surface area contributed by atoms with Gasteiger partial charge in [0.25, 0.3) is 0 Å². The van der Waals surface area contributed by atoms with Crippen LogP contribution < -0.4 is 10.1 Å². The zero-order chi connectivity index (χ0) is 18.1. The van der Waals surface area contributed by atoms with Gasteiger partial charge in [0.15, 0.2) is 11.5 Å². The molecule has 24 heavy (non-hydrogen) atoms. The number of aliphatic carboxylic acids is 1. The molecule has 130 valence electrons. The van der Waals surface area contributed by atoms with Crippen LogP contribution in [0, 0.1) is 6.92 Å². The lowest BCUT2D eigenvalue weighted by Gasteiger charge is -2.16. The number of aryl methyl sites for hydroxylation is 1. The van der Waals surface area contributed by atoms with Crippen molar-refractivity contribution >= 4 is 5.97 Å². The smallest absolute Gasteiger partial charge is 0.325 e. The average Bonchev–Trinajstić information content (AvgIpc) is 2.57. The first-order chi connectivity index (χ1) is 11.5. The number of rotatable bonds is 6. The van der Waals surface area contributed by atoms with Crippen LogP contribution in [0.15, 0.2) is 42.5 Å². The first kappa shape index (κ1) is 19.5. The van der Waals surface area contributed by atoms with E-state index in [9.17, 15) is 9.90 Å². The number of carboxylic acids is 1. The van der Waals surface area contributed by atoms with Crippen molar-refractivity contribution < 1.29 is 19.7 Å². The summed E-state index contributed by atoms with van der Waals surface area (Å²) >= 11 is 0.